The molecular weight excluding hydrogens is 508 g/mol. The number of carbonyl (C=O) groups is 1. The van der Waals surface area contributed by atoms with Gasteiger partial charge in [0.25, 0.3) is 0 Å². The van der Waals surface area contributed by atoms with Gasteiger partial charge in [-0.2, -0.15) is 5.26 Å². The molecular formula is C23H24BrClN6O2. The standard InChI is InChI=1S/C23H24BrClN6O2/c1-14-11-29(22(32)33-23(2,3)4)5-6-30(14)20-19-18(24)12-31(21(19)28-13-27-20)17-8-15(10-26)7-16(25)9-17/h7-9,12-14H,5-6,11H2,1-4H3. The maximum absolute atomic E-state index is 12.5. The van der Waals surface area contributed by atoms with Crippen molar-refractivity contribution in [1.29, 1.82) is 5.26 Å². The Labute approximate surface area is 205 Å². The molecule has 1 unspecified atom stereocenters. The van der Waals surface area contributed by atoms with Crippen molar-refractivity contribution in [3.63, 3.8) is 0 Å². The molecule has 3 heterocycles. The van der Waals surface area contributed by atoms with Crippen LogP contribution in [0, 0.1) is 11.3 Å². The number of hydrogen-bond acceptors (Lipinski definition) is 6. The van der Waals surface area contributed by atoms with Crippen LogP contribution < -0.4 is 4.90 Å². The van der Waals surface area contributed by atoms with E-state index in [0.29, 0.717) is 35.9 Å². The van der Waals surface area contributed by atoms with Gasteiger partial charge in [0.05, 0.1) is 17.0 Å². The van der Waals surface area contributed by atoms with Gasteiger partial charge in [-0.25, -0.2) is 14.8 Å². The van der Waals surface area contributed by atoms with Crippen LogP contribution in [0.2, 0.25) is 5.02 Å². The number of fused-ring (bicyclic) bond motifs is 1. The SMILES string of the molecule is CC1CN(C(=O)OC(C)(C)C)CCN1c1ncnc2c1c(Br)cn2-c1cc(Cl)cc(C#N)c1. The first kappa shape index (κ1) is 23.3. The molecule has 172 valence electrons. The smallest absolute Gasteiger partial charge is 0.410 e. The van der Waals surface area contributed by atoms with Crippen molar-refractivity contribution in [3.05, 3.63) is 45.8 Å². The van der Waals surface area contributed by atoms with E-state index in [2.05, 4.69) is 43.8 Å². The Balaban J connectivity index is 1.67. The number of piperazine rings is 1. The molecule has 10 heteroatoms. The first-order valence-electron chi connectivity index (χ1n) is 10.5. The Bertz CT molecular complexity index is 1260. The zero-order chi connectivity index (χ0) is 23.9. The van der Waals surface area contributed by atoms with Crippen LogP contribution in [0.3, 0.4) is 0 Å². The van der Waals surface area contributed by atoms with Crippen LogP contribution in [-0.4, -0.2) is 56.8 Å². The molecule has 33 heavy (non-hydrogen) atoms. The molecule has 0 N–H and O–H groups in total. The highest BCUT2D eigenvalue weighted by Gasteiger charge is 2.32. The molecule has 3 aromatic rings. The molecule has 1 aromatic carbocycles. The Hall–Kier alpha value is -2.83. The fourth-order valence-electron chi connectivity index (χ4n) is 3.96. The largest absolute Gasteiger partial charge is 0.444 e. The summed E-state index contributed by atoms with van der Waals surface area (Å²) in [6.07, 6.45) is 3.13. The van der Waals surface area contributed by atoms with Gasteiger partial charge in [0, 0.05) is 47.1 Å². The fraction of sp³-hybridized carbons (Fsp3) is 0.391. The Morgan fingerprint density at radius 2 is 2.03 bits per heavy atom. The maximum Gasteiger partial charge on any atom is 0.410 e. The minimum atomic E-state index is -0.532. The maximum atomic E-state index is 12.5. The quantitative estimate of drug-likeness (QED) is 0.454. The van der Waals surface area contributed by atoms with Gasteiger partial charge >= 0.3 is 6.09 Å². The summed E-state index contributed by atoms with van der Waals surface area (Å²) in [7, 11) is 0. The molecule has 0 radical (unpaired) electrons. The van der Waals surface area contributed by atoms with E-state index < -0.39 is 5.60 Å². The predicted octanol–water partition coefficient (Wildman–Crippen LogP) is 5.15. The summed E-state index contributed by atoms with van der Waals surface area (Å²) in [6.45, 7) is 9.32. The zero-order valence-corrected chi connectivity index (χ0v) is 21.2. The van der Waals surface area contributed by atoms with Crippen molar-refractivity contribution in [2.45, 2.75) is 39.3 Å². The Kier molecular flexibility index (Phi) is 6.25. The number of anilines is 1. The second-order valence-electron chi connectivity index (χ2n) is 9.02. The van der Waals surface area contributed by atoms with Crippen LogP contribution in [0.25, 0.3) is 16.7 Å². The number of halogens is 2. The summed E-state index contributed by atoms with van der Waals surface area (Å²) in [6, 6.07) is 7.34. The number of ether oxygens (including phenoxy) is 1. The number of carbonyl (C=O) groups excluding carboxylic acids is 1. The van der Waals surface area contributed by atoms with Gasteiger partial charge in [-0.1, -0.05) is 11.6 Å². The molecule has 8 nitrogen and oxygen atoms in total. The van der Waals surface area contributed by atoms with Gasteiger partial charge in [0.15, 0.2) is 5.65 Å². The Morgan fingerprint density at radius 3 is 2.70 bits per heavy atom. The van der Waals surface area contributed by atoms with E-state index in [9.17, 15) is 10.1 Å². The van der Waals surface area contributed by atoms with Crippen molar-refractivity contribution < 1.29 is 9.53 Å². The lowest BCUT2D eigenvalue weighted by molar-refractivity contribution is 0.0218. The van der Waals surface area contributed by atoms with E-state index in [1.54, 1.807) is 23.1 Å². The van der Waals surface area contributed by atoms with Crippen molar-refractivity contribution in [2.24, 2.45) is 0 Å². The highest BCUT2D eigenvalue weighted by Crippen LogP contribution is 2.35. The van der Waals surface area contributed by atoms with E-state index >= 15 is 0 Å². The molecule has 4 rings (SSSR count). The zero-order valence-electron chi connectivity index (χ0n) is 18.8. The third-order valence-electron chi connectivity index (χ3n) is 5.36. The van der Waals surface area contributed by atoms with Crippen molar-refractivity contribution in [3.8, 4) is 11.8 Å². The average molecular weight is 532 g/mol. The minimum Gasteiger partial charge on any atom is -0.444 e. The third kappa shape index (κ3) is 4.77. The van der Waals surface area contributed by atoms with E-state index in [0.717, 1.165) is 21.4 Å². The molecule has 0 spiro atoms. The van der Waals surface area contributed by atoms with Gasteiger partial charge in [-0.15, -0.1) is 0 Å². The number of nitrogens with zero attached hydrogens (tertiary/aromatic N) is 6. The predicted molar refractivity (Wildman–Crippen MR) is 131 cm³/mol. The third-order valence-corrected chi connectivity index (χ3v) is 6.18. The number of rotatable bonds is 2. The topological polar surface area (TPSA) is 87.3 Å². The first-order chi connectivity index (χ1) is 15.6. The fourth-order valence-corrected chi connectivity index (χ4v) is 4.75. The second-order valence-corrected chi connectivity index (χ2v) is 10.3. The molecule has 1 saturated heterocycles. The monoisotopic (exact) mass is 530 g/mol. The minimum absolute atomic E-state index is 0.0241. The molecule has 1 aliphatic rings. The van der Waals surface area contributed by atoms with Gasteiger partial charge < -0.3 is 14.5 Å². The average Bonchev–Trinajstić information content (AvgIpc) is 3.09. The molecule has 1 aliphatic heterocycles. The molecule has 0 saturated carbocycles. The van der Waals surface area contributed by atoms with Gasteiger partial charge in [-0.05, 0) is 61.8 Å². The molecule has 1 amide bonds. The summed E-state index contributed by atoms with van der Waals surface area (Å²) in [5.41, 5.74) is 1.37. The lowest BCUT2D eigenvalue weighted by Crippen LogP contribution is -2.54. The van der Waals surface area contributed by atoms with Crippen LogP contribution >= 0.6 is 27.5 Å². The molecule has 1 fully saturated rings. The summed E-state index contributed by atoms with van der Waals surface area (Å²) in [4.78, 5) is 25.5. The van der Waals surface area contributed by atoms with Crippen molar-refractivity contribution >= 4 is 50.5 Å². The molecule has 2 aromatic heterocycles. The molecule has 1 atom stereocenters. The van der Waals surface area contributed by atoms with Crippen molar-refractivity contribution in [2.75, 3.05) is 24.5 Å². The summed E-state index contributed by atoms with van der Waals surface area (Å²) in [5, 5.41) is 10.7. The molecule has 0 bridgehead atoms. The Morgan fingerprint density at radius 1 is 1.27 bits per heavy atom. The number of benzene rings is 1. The van der Waals surface area contributed by atoms with Crippen molar-refractivity contribution in [1.82, 2.24) is 19.4 Å². The van der Waals surface area contributed by atoms with Crippen LogP contribution in [0.15, 0.2) is 35.2 Å². The van der Waals surface area contributed by atoms with E-state index in [1.165, 1.54) is 6.33 Å². The van der Waals surface area contributed by atoms with Gasteiger partial charge in [0.2, 0.25) is 0 Å². The summed E-state index contributed by atoms with van der Waals surface area (Å²) < 4.78 is 8.25. The second kappa shape index (κ2) is 8.84. The van der Waals surface area contributed by atoms with E-state index in [4.69, 9.17) is 16.3 Å². The van der Waals surface area contributed by atoms with Crippen LogP contribution in [0.5, 0.6) is 0 Å². The number of nitriles is 1. The van der Waals surface area contributed by atoms with Crippen LogP contribution in [0.1, 0.15) is 33.3 Å². The first-order valence-corrected chi connectivity index (χ1v) is 11.7. The number of aromatic nitrogens is 3. The van der Waals surface area contributed by atoms with Crippen LogP contribution in [-0.2, 0) is 4.74 Å². The number of hydrogen-bond donors (Lipinski definition) is 0. The van der Waals surface area contributed by atoms with E-state index in [1.807, 2.05) is 31.5 Å². The van der Waals surface area contributed by atoms with Crippen LogP contribution in [0.4, 0.5) is 10.6 Å². The summed E-state index contributed by atoms with van der Waals surface area (Å²) >= 11 is 9.89. The van der Waals surface area contributed by atoms with E-state index in [-0.39, 0.29) is 12.1 Å². The normalized spacial score (nSPS) is 16.7. The highest BCUT2D eigenvalue weighted by atomic mass is 79.9. The number of amides is 1. The van der Waals surface area contributed by atoms with Gasteiger partial charge in [0.1, 0.15) is 17.7 Å². The highest BCUT2D eigenvalue weighted by molar-refractivity contribution is 9.10. The van der Waals surface area contributed by atoms with Gasteiger partial charge in [-0.3, -0.25) is 4.57 Å². The lowest BCUT2D eigenvalue weighted by atomic mass is 10.1. The molecule has 0 aliphatic carbocycles. The lowest BCUT2D eigenvalue weighted by Gasteiger charge is -2.41. The summed E-state index contributed by atoms with van der Waals surface area (Å²) in [5.74, 6) is 0.782.